The quantitative estimate of drug-likeness (QED) is 0.0185. The van der Waals surface area contributed by atoms with E-state index < -0.39 is 29.9 Å². The van der Waals surface area contributed by atoms with Gasteiger partial charge < -0.3 is 48.5 Å². The van der Waals surface area contributed by atoms with Crippen LogP contribution in [0, 0.1) is 44.7 Å². The second kappa shape index (κ2) is 32.8. The number of nitro groups is 1. The van der Waals surface area contributed by atoms with Crippen molar-refractivity contribution in [1.29, 1.82) is 0 Å². The molecule has 3 N–H and O–H groups in total. The smallest absolute Gasteiger partial charge is 0.380 e. The number of halogens is 3. The fourth-order valence-electron chi connectivity index (χ4n) is 6.46. The minimum Gasteiger partial charge on any atom is -0.489 e. The normalized spacial score (nSPS) is 11.6. The zero-order valence-corrected chi connectivity index (χ0v) is 48.2. The Morgan fingerprint density at radius 2 is 1.49 bits per heavy atom. The molecule has 0 aliphatic carbocycles. The van der Waals surface area contributed by atoms with E-state index in [-0.39, 0.29) is 24.4 Å². The largest absolute Gasteiger partial charge is 0.489 e. The molecule has 404 valence electrons. The van der Waals surface area contributed by atoms with Gasteiger partial charge in [0.2, 0.25) is 0 Å². The fraction of sp³-hybridized carbons (Fsp3) is 0.367. The van der Waals surface area contributed by atoms with Crippen LogP contribution in [0.5, 0.6) is 11.5 Å². The SMILES string of the molecule is CN/C(=N\[N+](=O)[O-])NCc1cnc(Cl)s1.CNC(=O)C(OC)c1ccccc1COc1cc(C)ccc1C.COCC(=O)N(c1c(C)cccc1C)C(C)C(=O)OC.COP(=S)(OC)Oc1c(Cl)cc(C)cc1Cl. The Hall–Kier alpha value is -5.45. The van der Waals surface area contributed by atoms with Crippen LogP contribution in [0.1, 0.15) is 56.8 Å². The van der Waals surface area contributed by atoms with Gasteiger partial charge in [0.15, 0.2) is 21.4 Å². The van der Waals surface area contributed by atoms with Crippen molar-refractivity contribution in [1.82, 2.24) is 20.9 Å². The molecule has 1 aromatic heterocycles. The van der Waals surface area contributed by atoms with E-state index in [0.29, 0.717) is 33.4 Å². The van der Waals surface area contributed by atoms with Crippen molar-refractivity contribution < 1.29 is 51.9 Å². The molecule has 0 aliphatic rings. The molecule has 5 aromatic rings. The minimum absolute atomic E-state index is 0.0875. The lowest BCUT2D eigenvalue weighted by Gasteiger charge is -2.30. The number of aryl methyl sites for hydroxylation is 5. The van der Waals surface area contributed by atoms with Crippen LogP contribution in [-0.2, 0) is 62.6 Å². The van der Waals surface area contributed by atoms with Gasteiger partial charge in [-0.3, -0.25) is 14.5 Å². The molecule has 0 saturated heterocycles. The van der Waals surface area contributed by atoms with Crippen LogP contribution in [0.2, 0.25) is 14.5 Å². The average molecular weight is 1140 g/mol. The molecule has 4 aromatic carbocycles. The number of nitrogens with zero attached hydrogens (tertiary/aromatic N) is 4. The highest BCUT2D eigenvalue weighted by atomic mass is 35.5. The Morgan fingerprint density at radius 3 is 2.00 bits per heavy atom. The first kappa shape index (κ1) is 64.7. The summed E-state index contributed by atoms with van der Waals surface area (Å²) in [5, 5.41) is 21.1. The van der Waals surface area contributed by atoms with Gasteiger partial charge in [0.1, 0.15) is 30.1 Å². The van der Waals surface area contributed by atoms with Gasteiger partial charge in [-0.05, 0) is 98.7 Å². The summed E-state index contributed by atoms with van der Waals surface area (Å²) in [6, 6.07) is 22.3. The number of carbonyl (C=O) groups excluding carboxylic acids is 3. The third-order valence-corrected chi connectivity index (χ3v) is 14.2. The summed E-state index contributed by atoms with van der Waals surface area (Å²) in [6.07, 6.45) is 0.956. The van der Waals surface area contributed by atoms with E-state index in [2.05, 4.69) is 32.1 Å². The first-order valence-electron chi connectivity index (χ1n) is 22.1. The molecule has 0 fully saturated rings. The summed E-state index contributed by atoms with van der Waals surface area (Å²) in [7, 11) is 10.3. The van der Waals surface area contributed by atoms with Gasteiger partial charge in [0, 0.05) is 65.4 Å². The molecule has 0 spiro atoms. The van der Waals surface area contributed by atoms with Crippen LogP contribution in [-0.4, -0.2) is 96.1 Å². The number of hydrazone groups is 1. The summed E-state index contributed by atoms with van der Waals surface area (Å²) >= 11 is 24.0. The van der Waals surface area contributed by atoms with Crippen molar-refractivity contribution in [2.75, 3.05) is 61.2 Å². The average Bonchev–Trinajstić information content (AvgIpc) is 3.80. The molecule has 0 radical (unpaired) electrons. The molecule has 0 saturated carbocycles. The molecule has 74 heavy (non-hydrogen) atoms. The van der Waals surface area contributed by atoms with Gasteiger partial charge in [0.05, 0.1) is 29.4 Å². The molecule has 2 atom stereocenters. The lowest BCUT2D eigenvalue weighted by atomic mass is 10.0. The van der Waals surface area contributed by atoms with Crippen LogP contribution < -0.4 is 30.1 Å². The maximum Gasteiger partial charge on any atom is 0.380 e. The molecule has 2 amide bonds. The summed E-state index contributed by atoms with van der Waals surface area (Å²) < 4.78 is 36.8. The van der Waals surface area contributed by atoms with E-state index in [4.69, 9.17) is 79.1 Å². The predicted octanol–water partition coefficient (Wildman–Crippen LogP) is 10.0. The number of rotatable bonds is 18. The van der Waals surface area contributed by atoms with E-state index in [0.717, 1.165) is 55.3 Å². The maximum absolute atomic E-state index is 12.3. The first-order valence-corrected chi connectivity index (χ1v) is 26.6. The van der Waals surface area contributed by atoms with Gasteiger partial charge >= 0.3 is 12.7 Å². The number of hydrogen-bond acceptors (Lipinski definition) is 15. The lowest BCUT2D eigenvalue weighted by Crippen LogP contribution is -2.46. The lowest BCUT2D eigenvalue weighted by molar-refractivity contribution is -0.485. The molecule has 25 heteroatoms. The number of amides is 2. The van der Waals surface area contributed by atoms with Crippen LogP contribution in [0.25, 0.3) is 0 Å². The highest BCUT2D eigenvalue weighted by Gasteiger charge is 2.30. The molecular weight excluding hydrogens is 1080 g/mol. The van der Waals surface area contributed by atoms with Gasteiger partial charge in [-0.15, -0.1) is 11.3 Å². The van der Waals surface area contributed by atoms with Gasteiger partial charge in [0.25, 0.3) is 17.8 Å². The molecule has 0 aliphatic heterocycles. The van der Waals surface area contributed by atoms with E-state index in [1.807, 2.05) is 89.2 Å². The third-order valence-electron chi connectivity index (χ3n) is 10.1. The predicted molar refractivity (Wildman–Crippen MR) is 295 cm³/mol. The summed E-state index contributed by atoms with van der Waals surface area (Å²) in [4.78, 5) is 52.3. The zero-order chi connectivity index (χ0) is 55.7. The van der Waals surface area contributed by atoms with E-state index in [1.165, 1.54) is 58.8 Å². The Kier molecular flexibility index (Phi) is 28.6. The maximum atomic E-state index is 12.3. The van der Waals surface area contributed by atoms with Crippen molar-refractivity contribution in [3.8, 4) is 11.5 Å². The zero-order valence-electron chi connectivity index (χ0n) is 43.4. The Labute approximate surface area is 456 Å². The molecular formula is C49H63Cl3N7O12PS2. The third kappa shape index (κ3) is 20.7. The number of nitrogens with one attached hydrogen (secondary N) is 3. The van der Waals surface area contributed by atoms with Crippen LogP contribution in [0.15, 0.2) is 84.1 Å². The number of esters is 1. The van der Waals surface area contributed by atoms with E-state index in [9.17, 15) is 24.5 Å². The van der Waals surface area contributed by atoms with Gasteiger partial charge in [-0.25, -0.2) is 19.9 Å². The molecule has 1 heterocycles. The number of guanidine groups is 1. The molecule has 2 unspecified atom stereocenters. The summed E-state index contributed by atoms with van der Waals surface area (Å²) in [5.41, 5.74) is 7.50. The number of aromatic nitrogens is 1. The van der Waals surface area contributed by atoms with Crippen molar-refractivity contribution in [3.63, 3.8) is 0 Å². The van der Waals surface area contributed by atoms with E-state index in [1.54, 1.807) is 32.3 Å². The van der Waals surface area contributed by atoms with Gasteiger partial charge in [-0.1, -0.05) is 89.4 Å². The van der Waals surface area contributed by atoms with Crippen molar-refractivity contribution in [2.24, 2.45) is 5.10 Å². The van der Waals surface area contributed by atoms with Crippen LogP contribution in [0.3, 0.4) is 0 Å². The Morgan fingerprint density at radius 1 is 0.865 bits per heavy atom. The highest BCUT2D eigenvalue weighted by Crippen LogP contribution is 2.51. The van der Waals surface area contributed by atoms with E-state index >= 15 is 0 Å². The molecule has 0 bridgehead atoms. The monoisotopic (exact) mass is 1140 g/mol. The van der Waals surface area contributed by atoms with Crippen LogP contribution in [0.4, 0.5) is 5.69 Å². The number of methoxy groups -OCH3 is 3. The number of thiazole rings is 1. The number of anilines is 1. The second-order valence-electron chi connectivity index (χ2n) is 15.5. The fourth-order valence-corrected chi connectivity index (χ4v) is 9.10. The van der Waals surface area contributed by atoms with Gasteiger partial charge in [-0.2, -0.15) is 0 Å². The van der Waals surface area contributed by atoms with Crippen molar-refractivity contribution in [3.05, 3.63) is 147 Å². The minimum atomic E-state index is -2.81. The summed E-state index contributed by atoms with van der Waals surface area (Å²) in [5.74, 6) is 0.325. The first-order chi connectivity index (χ1) is 35.0. The van der Waals surface area contributed by atoms with Crippen LogP contribution >= 0.6 is 52.9 Å². The number of para-hydroxylation sites is 1. The number of likely N-dealkylation sites (N-methyl/N-ethyl adjacent to an activating group) is 1. The number of hydrogen-bond donors (Lipinski definition) is 3. The summed E-state index contributed by atoms with van der Waals surface area (Å²) in [6.45, 7) is 9.26. The number of carbonyl (C=O) groups is 3. The molecule has 19 nitrogen and oxygen atoms in total. The van der Waals surface area contributed by atoms with Crippen molar-refractivity contribution in [2.45, 2.75) is 66.8 Å². The molecule has 5 rings (SSSR count). The Bertz CT molecular complexity index is 2690. The second-order valence-corrected chi connectivity index (χ2v) is 21.1. The Balaban J connectivity index is 0.000000343. The number of ether oxygens (including phenoxy) is 4. The highest BCUT2D eigenvalue weighted by molar-refractivity contribution is 8.07. The van der Waals surface area contributed by atoms with Crippen molar-refractivity contribution >= 4 is 94.1 Å². The number of benzene rings is 4. The topological polar surface area (TPSA) is 224 Å². The standard InChI is InChI=1S/C19H23NO3.C15H21NO4.C9H11Cl2O3PS.C6H8ClN5O2S/c1-13-9-10-14(2)17(11-13)23-12-15-7-5-6-8-16(15)18(22-4)19(21)20-3;1-10-7-6-8-11(2)14(10)16(13(17)9-19-4)12(3)15(18)20-5;1-6-4-7(10)9(8(11)5-6)14-15(16,12-2)13-3;1-8-6(11-12(13)14)10-3-4-2-9-5(7)15-4/h5-11,18H,12H2,1-4H3,(H,20,21);6-8,12H,9H2,1-5H3;4-5H,1-3H3;2H,3H2,1H3,(H2,8,10,11).